The average molecular weight is 599 g/mol. The number of carbonyl (C=O) groups excluding carboxylic acids is 1. The summed E-state index contributed by atoms with van der Waals surface area (Å²) >= 11 is 1.74. The zero-order valence-corrected chi connectivity index (χ0v) is 26.0. The van der Waals surface area contributed by atoms with Gasteiger partial charge in [-0.05, 0) is 80.9 Å². The number of hydrogen-bond acceptors (Lipinski definition) is 7. The third-order valence-corrected chi connectivity index (χ3v) is 10.7. The van der Waals surface area contributed by atoms with E-state index in [2.05, 4.69) is 62.7 Å². The van der Waals surface area contributed by atoms with E-state index >= 15 is 0 Å². The second-order valence-electron chi connectivity index (χ2n) is 12.4. The van der Waals surface area contributed by atoms with Gasteiger partial charge in [0.1, 0.15) is 6.10 Å². The maximum Gasteiger partial charge on any atom is 0.407 e. The van der Waals surface area contributed by atoms with Crippen LogP contribution in [-0.4, -0.2) is 66.6 Å². The number of nitrogens with one attached hydrogen (secondary N) is 1. The smallest absolute Gasteiger partial charge is 0.407 e. The van der Waals surface area contributed by atoms with Crippen LogP contribution >= 0.6 is 11.8 Å². The van der Waals surface area contributed by atoms with Gasteiger partial charge in [-0.1, -0.05) is 42.1 Å². The number of hydrogen-bond donors (Lipinski definition) is 1. The number of nitrogens with zero attached hydrogens (tertiary/aromatic N) is 5. The number of ether oxygens (including phenoxy) is 1. The zero-order chi connectivity index (χ0) is 29.8. The molecular weight excluding hydrogens is 556 g/mol. The van der Waals surface area contributed by atoms with Gasteiger partial charge in [-0.25, -0.2) is 4.79 Å². The molecule has 1 unspecified atom stereocenters. The van der Waals surface area contributed by atoms with Gasteiger partial charge in [0, 0.05) is 62.3 Å². The Morgan fingerprint density at radius 1 is 1.07 bits per heavy atom. The van der Waals surface area contributed by atoms with E-state index in [-0.39, 0.29) is 17.9 Å². The molecule has 43 heavy (non-hydrogen) atoms. The highest BCUT2D eigenvalue weighted by Gasteiger charge is 2.53. The molecule has 0 spiro atoms. The van der Waals surface area contributed by atoms with E-state index in [1.807, 2.05) is 42.3 Å². The Balaban J connectivity index is 1.05. The molecule has 8 nitrogen and oxygen atoms in total. The Kier molecular flexibility index (Phi) is 8.96. The van der Waals surface area contributed by atoms with Crippen molar-refractivity contribution in [1.82, 2.24) is 20.0 Å². The van der Waals surface area contributed by atoms with Crippen LogP contribution in [-0.2, 0) is 17.2 Å². The standard InChI is InChI=1S/C34H42N6O2S/c1-36-33(41)42-32-10-6-9-31(32)34(24-35,26-7-4-3-5-8-26)27-15-17-39(18-16-27)20-25-21-40(22-25)28-11-13-29(14-12-28)43-30-19-37-38(2)23-30/h3-5,7-8,11-14,19,23,25,27,31-32H,6,9-10,15-18,20-22H2,1-2H3,(H,36,41)/t31-,32-,34?/m0/s1. The lowest BCUT2D eigenvalue weighted by atomic mass is 9.59. The van der Waals surface area contributed by atoms with Gasteiger partial charge in [0.2, 0.25) is 0 Å². The predicted octanol–water partition coefficient (Wildman–Crippen LogP) is 5.71. The highest BCUT2D eigenvalue weighted by Crippen LogP contribution is 2.51. The molecule has 2 saturated heterocycles. The molecule has 3 aliphatic rings. The summed E-state index contributed by atoms with van der Waals surface area (Å²) in [6.45, 7) is 5.29. The highest BCUT2D eigenvalue weighted by atomic mass is 32.2. The quantitative estimate of drug-likeness (QED) is 0.338. The first-order chi connectivity index (χ1) is 21.0. The van der Waals surface area contributed by atoms with E-state index in [9.17, 15) is 10.1 Å². The number of benzene rings is 2. The van der Waals surface area contributed by atoms with Crippen LogP contribution in [0.5, 0.6) is 0 Å². The van der Waals surface area contributed by atoms with Crippen LogP contribution in [0.2, 0.25) is 0 Å². The number of likely N-dealkylation sites (tertiary alicyclic amines) is 1. The summed E-state index contributed by atoms with van der Waals surface area (Å²) in [4.78, 5) is 19.6. The number of piperidine rings is 1. The van der Waals surface area contributed by atoms with E-state index in [4.69, 9.17) is 4.74 Å². The summed E-state index contributed by atoms with van der Waals surface area (Å²) in [7, 11) is 3.54. The van der Waals surface area contributed by atoms with Crippen molar-refractivity contribution in [1.29, 1.82) is 5.26 Å². The lowest BCUT2D eigenvalue weighted by molar-refractivity contribution is 0.0307. The highest BCUT2D eigenvalue weighted by molar-refractivity contribution is 7.99. The molecule has 9 heteroatoms. The Labute approximate surface area is 259 Å². The van der Waals surface area contributed by atoms with Gasteiger partial charge in [-0.3, -0.25) is 4.68 Å². The van der Waals surface area contributed by atoms with E-state index in [0.717, 1.165) is 75.3 Å². The molecule has 0 bridgehead atoms. The van der Waals surface area contributed by atoms with Crippen molar-refractivity contribution >= 4 is 23.5 Å². The molecule has 3 fully saturated rings. The Morgan fingerprint density at radius 2 is 1.81 bits per heavy atom. The number of amides is 1. The van der Waals surface area contributed by atoms with Crippen molar-refractivity contribution in [3.05, 3.63) is 72.6 Å². The predicted molar refractivity (Wildman–Crippen MR) is 169 cm³/mol. The maximum absolute atomic E-state index is 12.2. The second-order valence-corrected chi connectivity index (χ2v) is 13.5. The fourth-order valence-corrected chi connectivity index (χ4v) is 8.48. The summed E-state index contributed by atoms with van der Waals surface area (Å²) < 4.78 is 7.68. The van der Waals surface area contributed by atoms with Crippen LogP contribution in [0.3, 0.4) is 0 Å². The molecule has 2 aromatic carbocycles. The van der Waals surface area contributed by atoms with Gasteiger partial charge in [0.05, 0.1) is 22.6 Å². The van der Waals surface area contributed by atoms with Crippen LogP contribution in [0.4, 0.5) is 10.5 Å². The Morgan fingerprint density at radius 3 is 2.47 bits per heavy atom. The van der Waals surface area contributed by atoms with Crippen molar-refractivity contribution in [3.8, 4) is 6.07 Å². The summed E-state index contributed by atoms with van der Waals surface area (Å²) in [5.74, 6) is 0.898. The van der Waals surface area contributed by atoms with Crippen LogP contribution in [0, 0.1) is 29.1 Å². The molecule has 3 heterocycles. The third kappa shape index (κ3) is 6.27. The van der Waals surface area contributed by atoms with Crippen molar-refractivity contribution in [2.45, 2.75) is 53.4 Å². The summed E-state index contributed by atoms with van der Waals surface area (Å²) in [5, 5.41) is 17.8. The maximum atomic E-state index is 12.2. The zero-order valence-electron chi connectivity index (χ0n) is 25.2. The van der Waals surface area contributed by atoms with Crippen LogP contribution < -0.4 is 10.2 Å². The monoisotopic (exact) mass is 598 g/mol. The van der Waals surface area contributed by atoms with Crippen LogP contribution in [0.1, 0.15) is 37.7 Å². The van der Waals surface area contributed by atoms with Gasteiger partial charge in [-0.2, -0.15) is 10.4 Å². The average Bonchev–Trinajstić information content (AvgIpc) is 3.66. The summed E-state index contributed by atoms with van der Waals surface area (Å²) in [6.07, 6.45) is 7.97. The lowest BCUT2D eigenvalue weighted by Crippen LogP contribution is -2.54. The fourth-order valence-electron chi connectivity index (χ4n) is 7.63. The molecule has 6 rings (SSSR count). The SMILES string of the molecule is CNC(=O)O[C@H]1CCC[C@@H]1C(C#N)(c1ccccc1)C1CCN(CC2CN(c3ccc(Sc4cnn(C)c4)cc3)C2)CC1. The number of aryl methyl sites for hydroxylation is 1. The summed E-state index contributed by atoms with van der Waals surface area (Å²) in [6, 6.07) is 22.0. The first-order valence-corrected chi connectivity index (χ1v) is 16.4. The van der Waals surface area contributed by atoms with Gasteiger partial charge in [0.25, 0.3) is 0 Å². The second kappa shape index (κ2) is 13.0. The molecule has 1 aliphatic carbocycles. The topological polar surface area (TPSA) is 86.4 Å². The molecule has 1 aromatic heterocycles. The molecule has 1 amide bonds. The molecule has 2 aliphatic heterocycles. The number of nitriles is 1. The number of alkyl carbamates (subject to hydrolysis) is 1. The molecule has 3 atom stereocenters. The van der Waals surface area contributed by atoms with Crippen molar-refractivity contribution in [2.24, 2.45) is 24.8 Å². The number of carbonyl (C=O) groups is 1. The number of aromatic nitrogens is 2. The van der Waals surface area contributed by atoms with Gasteiger partial charge in [0.15, 0.2) is 0 Å². The van der Waals surface area contributed by atoms with E-state index in [0.29, 0.717) is 5.92 Å². The Hall–Kier alpha value is -3.48. The van der Waals surface area contributed by atoms with Crippen molar-refractivity contribution in [3.63, 3.8) is 0 Å². The minimum Gasteiger partial charge on any atom is -0.446 e. The molecule has 3 aromatic rings. The normalized spacial score (nSPS) is 22.9. The number of anilines is 1. The first-order valence-electron chi connectivity index (χ1n) is 15.6. The van der Waals surface area contributed by atoms with Crippen LogP contribution in [0.15, 0.2) is 76.8 Å². The van der Waals surface area contributed by atoms with Crippen molar-refractivity contribution < 1.29 is 9.53 Å². The van der Waals surface area contributed by atoms with Crippen molar-refractivity contribution in [2.75, 3.05) is 44.7 Å². The molecule has 1 saturated carbocycles. The first kappa shape index (κ1) is 29.6. The molecule has 0 radical (unpaired) electrons. The lowest BCUT2D eigenvalue weighted by Gasteiger charge is -2.47. The fraction of sp³-hybridized carbons (Fsp3) is 0.500. The van der Waals surface area contributed by atoms with E-state index < -0.39 is 11.5 Å². The minimum atomic E-state index is -0.655. The molecular formula is C34H42N6O2S. The largest absolute Gasteiger partial charge is 0.446 e. The Bertz CT molecular complexity index is 1410. The van der Waals surface area contributed by atoms with Gasteiger partial charge < -0.3 is 19.9 Å². The minimum absolute atomic E-state index is 0.00286. The van der Waals surface area contributed by atoms with Gasteiger partial charge >= 0.3 is 6.09 Å². The molecule has 1 N–H and O–H groups in total. The van der Waals surface area contributed by atoms with E-state index in [1.165, 1.54) is 10.6 Å². The third-order valence-electron chi connectivity index (χ3n) is 9.76. The number of rotatable bonds is 9. The molecule has 226 valence electrons. The summed E-state index contributed by atoms with van der Waals surface area (Å²) in [5.41, 5.74) is 1.71. The van der Waals surface area contributed by atoms with Gasteiger partial charge in [-0.15, -0.1) is 0 Å². The van der Waals surface area contributed by atoms with Crippen LogP contribution in [0.25, 0.3) is 0 Å². The van der Waals surface area contributed by atoms with E-state index in [1.54, 1.807) is 18.8 Å².